The summed E-state index contributed by atoms with van der Waals surface area (Å²) >= 11 is 0. The minimum Gasteiger partial charge on any atom is -0.390 e. The maximum Gasteiger partial charge on any atom is 0.438 e. The van der Waals surface area contributed by atoms with Gasteiger partial charge in [0.1, 0.15) is 6.61 Å². The van der Waals surface area contributed by atoms with Crippen LogP contribution in [-0.4, -0.2) is 71.2 Å². The maximum atomic E-state index is 13.3. The van der Waals surface area contributed by atoms with E-state index in [1.54, 1.807) is 0 Å². The summed E-state index contributed by atoms with van der Waals surface area (Å²) in [4.78, 5) is 0. The summed E-state index contributed by atoms with van der Waals surface area (Å²) in [5.41, 5.74) is -8.90. The lowest BCUT2D eigenvalue weighted by molar-refractivity contribution is -0.477. The molecule has 0 aromatic carbocycles. The molecule has 0 radical (unpaired) electrons. The Kier molecular flexibility index (Phi) is 7.15. The van der Waals surface area contributed by atoms with Crippen molar-refractivity contribution in [1.82, 2.24) is 0 Å². The monoisotopic (exact) mass is 550 g/mol. The molecule has 0 fully saturated rings. The lowest BCUT2D eigenvalue weighted by Gasteiger charge is -2.45. The van der Waals surface area contributed by atoms with E-state index in [9.17, 15) is 92.2 Å². The summed E-state index contributed by atoms with van der Waals surface area (Å²) in [6, 6.07) is 0. The van der Waals surface area contributed by atoms with E-state index >= 15 is 0 Å². The van der Waals surface area contributed by atoms with Gasteiger partial charge in [0.15, 0.2) is 0 Å². The van der Waals surface area contributed by atoms with Crippen LogP contribution in [0.5, 0.6) is 0 Å². The second-order valence-corrected chi connectivity index (χ2v) is 5.96. The van der Waals surface area contributed by atoms with Crippen molar-refractivity contribution in [3.63, 3.8) is 0 Å². The van der Waals surface area contributed by atoms with Crippen molar-refractivity contribution in [1.29, 1.82) is 0 Å². The van der Waals surface area contributed by atoms with Gasteiger partial charge in [0, 0.05) is 0 Å². The van der Waals surface area contributed by atoms with Crippen LogP contribution in [0.2, 0.25) is 0 Å². The zero-order valence-electron chi connectivity index (χ0n) is 14.1. The largest absolute Gasteiger partial charge is 0.438 e. The van der Waals surface area contributed by atoms with Gasteiger partial charge in [-0.1, -0.05) is 0 Å². The van der Waals surface area contributed by atoms with E-state index in [0.29, 0.717) is 0 Å². The van der Waals surface area contributed by atoms with E-state index < -0.39 is 66.1 Å². The van der Waals surface area contributed by atoms with Crippen molar-refractivity contribution < 1.29 is 97.3 Å². The number of hydrogen-bond acceptors (Lipinski definition) is 1. The third kappa shape index (κ3) is 3.64. The SMILES string of the molecule is OCC(F)(F)C(F)(F)C(F)(F)C(F)(F)C(F)(F)C(F)(F)C(F)(F)C(F)(C(F)(F)F)C(F)(F)F. The molecule has 0 aromatic rings. The molecule has 0 bridgehead atoms. The van der Waals surface area contributed by atoms with Crippen LogP contribution in [0, 0.1) is 0 Å². The highest BCUT2D eigenvalue weighted by Crippen LogP contribution is 2.67. The Bertz CT molecular complexity index is 697. The standard InChI is InChI=1S/C11H3F21O/c12-2(13,1-33)4(15,16)6(19,20)8(23,24)9(25,26)7(21,22)5(17,18)3(14,10(27,28)29)11(30,31)32/h33H,1H2. The zero-order chi connectivity index (χ0) is 27.7. The first-order valence-electron chi connectivity index (χ1n) is 6.89. The van der Waals surface area contributed by atoms with Gasteiger partial charge in [-0.2, -0.15) is 87.8 Å². The quantitative estimate of drug-likeness (QED) is 0.354. The number of hydrogen-bond donors (Lipinski definition) is 1. The molecule has 0 aliphatic heterocycles. The lowest BCUT2D eigenvalue weighted by atomic mass is 9.83. The highest BCUT2D eigenvalue weighted by molar-refractivity contribution is 5.19. The van der Waals surface area contributed by atoms with Gasteiger partial charge in [0.2, 0.25) is 0 Å². The van der Waals surface area contributed by atoms with Gasteiger partial charge in [0.05, 0.1) is 0 Å². The van der Waals surface area contributed by atoms with E-state index in [4.69, 9.17) is 5.11 Å². The molecule has 0 atom stereocenters. The van der Waals surface area contributed by atoms with E-state index in [-0.39, 0.29) is 0 Å². The van der Waals surface area contributed by atoms with Gasteiger partial charge in [-0.05, 0) is 0 Å². The molecule has 1 N–H and O–H groups in total. The molecule has 0 rings (SSSR count). The average molecular weight is 550 g/mol. The van der Waals surface area contributed by atoms with E-state index in [0.717, 1.165) is 0 Å². The molecule has 22 heteroatoms. The summed E-state index contributed by atoms with van der Waals surface area (Å²) in [6.45, 7) is -3.64. The van der Waals surface area contributed by atoms with Gasteiger partial charge in [-0.25, -0.2) is 4.39 Å². The van der Waals surface area contributed by atoms with E-state index in [2.05, 4.69) is 0 Å². The Labute approximate surface area is 165 Å². The summed E-state index contributed by atoms with van der Waals surface area (Å²) in [5, 5.41) is 7.77. The number of rotatable bonds is 8. The molecule has 0 unspecified atom stereocenters. The first kappa shape index (κ1) is 31.5. The van der Waals surface area contributed by atoms with Crippen molar-refractivity contribution in [2.24, 2.45) is 0 Å². The minimum absolute atomic E-state index is 3.64. The van der Waals surface area contributed by atoms with Crippen LogP contribution in [0.4, 0.5) is 92.2 Å². The lowest BCUT2D eigenvalue weighted by Crippen LogP contribution is -2.78. The molecule has 1 nitrogen and oxygen atoms in total. The Morgan fingerprint density at radius 3 is 0.758 bits per heavy atom. The molecule has 0 aliphatic carbocycles. The first-order valence-corrected chi connectivity index (χ1v) is 6.89. The van der Waals surface area contributed by atoms with Gasteiger partial charge >= 0.3 is 59.5 Å². The van der Waals surface area contributed by atoms with Crippen LogP contribution < -0.4 is 0 Å². The Morgan fingerprint density at radius 1 is 0.333 bits per heavy atom. The molecule has 200 valence electrons. The fourth-order valence-electron chi connectivity index (χ4n) is 1.85. The highest BCUT2D eigenvalue weighted by atomic mass is 19.4. The Hall–Kier alpha value is -1.51. The molecule has 0 aliphatic rings. The fraction of sp³-hybridized carbons (Fsp3) is 1.00. The molecule has 0 spiro atoms. The molecule has 33 heavy (non-hydrogen) atoms. The van der Waals surface area contributed by atoms with Crippen molar-refractivity contribution in [2.75, 3.05) is 6.61 Å². The molecule has 0 aromatic heterocycles. The van der Waals surface area contributed by atoms with Crippen LogP contribution in [0.15, 0.2) is 0 Å². The molecular formula is C11H3F21O. The van der Waals surface area contributed by atoms with Crippen LogP contribution in [0.3, 0.4) is 0 Å². The van der Waals surface area contributed by atoms with Gasteiger partial charge in [-0.15, -0.1) is 0 Å². The maximum absolute atomic E-state index is 13.3. The number of halogens is 21. The second-order valence-electron chi connectivity index (χ2n) is 5.96. The Balaban J connectivity index is 7.21. The number of aliphatic hydroxyl groups excluding tert-OH is 1. The fourth-order valence-corrected chi connectivity index (χ4v) is 1.85. The van der Waals surface area contributed by atoms with Crippen molar-refractivity contribution >= 4 is 0 Å². The third-order valence-electron chi connectivity index (χ3n) is 3.84. The van der Waals surface area contributed by atoms with Gasteiger partial charge in [-0.3, -0.25) is 0 Å². The summed E-state index contributed by atoms with van der Waals surface area (Å²) in [5.74, 6) is -60.5. The predicted octanol–water partition coefficient (Wildman–Crippen LogP) is 6.26. The van der Waals surface area contributed by atoms with Crippen LogP contribution in [0.1, 0.15) is 0 Å². The van der Waals surface area contributed by atoms with Crippen LogP contribution >= 0.6 is 0 Å². The van der Waals surface area contributed by atoms with Crippen molar-refractivity contribution in [2.45, 2.75) is 59.5 Å². The topological polar surface area (TPSA) is 20.2 Å². The highest BCUT2D eigenvalue weighted by Gasteiger charge is 2.99. The van der Waals surface area contributed by atoms with Gasteiger partial charge < -0.3 is 5.11 Å². The second kappa shape index (κ2) is 7.49. The average Bonchev–Trinajstić information content (AvgIpc) is 2.57. The summed E-state index contributed by atoms with van der Waals surface area (Å²) in [6.07, 6.45) is -16.8. The molecular weight excluding hydrogens is 547 g/mol. The minimum atomic E-state index is -9.28. The zero-order valence-corrected chi connectivity index (χ0v) is 14.1. The van der Waals surface area contributed by atoms with E-state index in [1.807, 2.05) is 0 Å². The molecule has 0 saturated heterocycles. The Morgan fingerprint density at radius 2 is 0.545 bits per heavy atom. The van der Waals surface area contributed by atoms with E-state index in [1.165, 1.54) is 0 Å². The number of alkyl halides is 21. The molecule has 0 amide bonds. The van der Waals surface area contributed by atoms with Crippen molar-refractivity contribution in [3.05, 3.63) is 0 Å². The molecule has 0 heterocycles. The molecule has 0 saturated carbocycles. The predicted molar refractivity (Wildman–Crippen MR) is 57.7 cm³/mol. The van der Waals surface area contributed by atoms with Crippen LogP contribution in [-0.2, 0) is 0 Å². The van der Waals surface area contributed by atoms with Crippen molar-refractivity contribution in [3.8, 4) is 0 Å². The van der Waals surface area contributed by atoms with Gasteiger partial charge in [0.25, 0.3) is 0 Å². The smallest absolute Gasteiger partial charge is 0.390 e. The first-order chi connectivity index (χ1) is 13.8. The van der Waals surface area contributed by atoms with Crippen LogP contribution in [0.25, 0.3) is 0 Å². The number of aliphatic hydroxyl groups is 1. The summed E-state index contributed by atoms with van der Waals surface area (Å²) in [7, 11) is 0. The normalized spacial score (nSPS) is 16.9. The summed E-state index contributed by atoms with van der Waals surface area (Å²) < 4.78 is 270. The third-order valence-corrected chi connectivity index (χ3v) is 3.84.